The minimum absolute atomic E-state index is 0.684. The number of nitrogens with two attached hydrogens (primary N) is 1. The van der Waals surface area contributed by atoms with E-state index in [9.17, 15) is 0 Å². The van der Waals surface area contributed by atoms with Crippen LogP contribution in [0, 0.1) is 5.41 Å². The lowest BCUT2D eigenvalue weighted by Crippen LogP contribution is -1.99. The predicted octanol–water partition coefficient (Wildman–Crippen LogP) is 4.57. The largest absolute Gasteiger partial charge is 0.404 e. The van der Waals surface area contributed by atoms with Crippen molar-refractivity contribution in [1.82, 2.24) is 0 Å². The predicted molar refractivity (Wildman–Crippen MR) is 104 cm³/mol. The Hall–Kier alpha value is -3.27. The van der Waals surface area contributed by atoms with Crippen molar-refractivity contribution >= 4 is 39.6 Å². The van der Waals surface area contributed by atoms with E-state index in [1.807, 2.05) is 37.4 Å². The molecule has 5 N–H and O–H groups in total. The Morgan fingerprint density at radius 3 is 2.46 bits per heavy atom. The summed E-state index contributed by atoms with van der Waals surface area (Å²) in [5, 5.41) is 16.5. The summed E-state index contributed by atoms with van der Waals surface area (Å²) in [6.07, 6.45) is 2.70. The molecule has 4 nitrogen and oxygen atoms in total. The molecule has 0 bridgehead atoms. The molecule has 0 aliphatic rings. The van der Waals surface area contributed by atoms with Crippen molar-refractivity contribution in [2.45, 2.75) is 0 Å². The molecule has 4 heteroatoms. The van der Waals surface area contributed by atoms with Crippen LogP contribution in [0.5, 0.6) is 0 Å². The zero-order chi connectivity index (χ0) is 16.9. The molecule has 3 aromatic rings. The summed E-state index contributed by atoms with van der Waals surface area (Å²) in [4.78, 5) is 0. The maximum atomic E-state index is 7.43. The molecule has 0 radical (unpaired) electrons. The molecule has 0 amide bonds. The number of hydrogen-bond acceptors (Lipinski definition) is 4. The zero-order valence-electron chi connectivity index (χ0n) is 13.5. The van der Waals surface area contributed by atoms with Crippen LogP contribution in [-0.2, 0) is 0 Å². The van der Waals surface area contributed by atoms with Crippen LogP contribution in [0.3, 0.4) is 0 Å². The molecule has 120 valence electrons. The Labute approximate surface area is 141 Å². The van der Waals surface area contributed by atoms with Gasteiger partial charge < -0.3 is 21.8 Å². The summed E-state index contributed by atoms with van der Waals surface area (Å²) in [6, 6.07) is 20.5. The number of allylic oxidation sites excluding steroid dienone is 1. The Morgan fingerprint density at radius 1 is 0.958 bits per heavy atom. The van der Waals surface area contributed by atoms with E-state index >= 15 is 0 Å². The first-order valence-corrected chi connectivity index (χ1v) is 7.75. The molecule has 0 spiro atoms. The number of hydrogen-bond donors (Lipinski definition) is 4. The third kappa shape index (κ3) is 3.08. The number of anilines is 3. The number of nitrogens with one attached hydrogen (secondary N) is 3. The molecule has 0 aliphatic carbocycles. The van der Waals surface area contributed by atoms with Crippen molar-refractivity contribution in [3.05, 3.63) is 72.4 Å². The van der Waals surface area contributed by atoms with E-state index in [4.69, 9.17) is 11.1 Å². The highest BCUT2D eigenvalue weighted by atomic mass is 14.9. The van der Waals surface area contributed by atoms with Crippen LogP contribution in [-0.4, -0.2) is 13.3 Å². The van der Waals surface area contributed by atoms with E-state index in [-0.39, 0.29) is 0 Å². The quantitative estimate of drug-likeness (QED) is 0.521. The molecule has 0 aliphatic heterocycles. The fraction of sp³-hybridized carbons (Fsp3) is 0.0500. The van der Waals surface area contributed by atoms with Crippen LogP contribution in [0.4, 0.5) is 17.1 Å². The van der Waals surface area contributed by atoms with E-state index < -0.39 is 0 Å². The maximum Gasteiger partial charge on any atom is 0.0620 e. The molecule has 0 fully saturated rings. The summed E-state index contributed by atoms with van der Waals surface area (Å²) < 4.78 is 0. The summed E-state index contributed by atoms with van der Waals surface area (Å²) in [5.74, 6) is 0. The standard InChI is InChI=1S/C20H20N4/c1-23-20-11-16(17(12-21)13-22)7-9-19(20)24-18-8-6-14-4-2-3-5-15(14)10-18/h2-13,21,23-24H,22H2,1H3/b17-13+,21-12?. The first-order chi connectivity index (χ1) is 11.7. The van der Waals surface area contributed by atoms with Crippen molar-refractivity contribution < 1.29 is 0 Å². The average molecular weight is 316 g/mol. The van der Waals surface area contributed by atoms with Gasteiger partial charge >= 0.3 is 0 Å². The second-order valence-electron chi connectivity index (χ2n) is 5.46. The van der Waals surface area contributed by atoms with Crippen molar-refractivity contribution in [3.8, 4) is 0 Å². The average Bonchev–Trinajstić information content (AvgIpc) is 2.63. The van der Waals surface area contributed by atoms with E-state index in [1.54, 1.807) is 0 Å². The van der Waals surface area contributed by atoms with Gasteiger partial charge in [-0.25, -0.2) is 0 Å². The van der Waals surface area contributed by atoms with E-state index in [0.29, 0.717) is 5.57 Å². The van der Waals surface area contributed by atoms with Gasteiger partial charge in [0.2, 0.25) is 0 Å². The van der Waals surface area contributed by atoms with Crippen molar-refractivity contribution in [3.63, 3.8) is 0 Å². The molecule has 3 rings (SSSR count). The fourth-order valence-corrected chi connectivity index (χ4v) is 2.69. The van der Waals surface area contributed by atoms with Crippen LogP contribution < -0.4 is 16.4 Å². The molecular weight excluding hydrogens is 296 g/mol. The number of fused-ring (bicyclic) bond motifs is 1. The lowest BCUT2D eigenvalue weighted by atomic mass is 10.1. The summed E-state index contributed by atoms with van der Waals surface area (Å²) in [6.45, 7) is 0. The summed E-state index contributed by atoms with van der Waals surface area (Å²) in [7, 11) is 1.88. The van der Waals surface area contributed by atoms with Crippen LogP contribution in [0.25, 0.3) is 16.3 Å². The molecular formula is C20H20N4. The second kappa shape index (κ2) is 6.87. The van der Waals surface area contributed by atoms with Crippen LogP contribution in [0.1, 0.15) is 5.56 Å². The van der Waals surface area contributed by atoms with E-state index in [2.05, 4.69) is 41.0 Å². The molecule has 3 aromatic carbocycles. The summed E-state index contributed by atoms with van der Waals surface area (Å²) >= 11 is 0. The lowest BCUT2D eigenvalue weighted by Gasteiger charge is -2.14. The zero-order valence-corrected chi connectivity index (χ0v) is 13.5. The van der Waals surface area contributed by atoms with Gasteiger partial charge in [0, 0.05) is 30.7 Å². The molecule has 0 saturated carbocycles. The van der Waals surface area contributed by atoms with Gasteiger partial charge in [0.15, 0.2) is 0 Å². The second-order valence-corrected chi connectivity index (χ2v) is 5.46. The fourth-order valence-electron chi connectivity index (χ4n) is 2.69. The topological polar surface area (TPSA) is 73.9 Å². The Balaban J connectivity index is 1.94. The monoisotopic (exact) mass is 316 g/mol. The third-order valence-electron chi connectivity index (χ3n) is 3.99. The van der Waals surface area contributed by atoms with Crippen LogP contribution in [0.15, 0.2) is 66.9 Å². The highest BCUT2D eigenvalue weighted by Crippen LogP contribution is 2.29. The Bertz CT molecular complexity index is 912. The lowest BCUT2D eigenvalue weighted by molar-refractivity contribution is 1.46. The number of benzene rings is 3. The minimum Gasteiger partial charge on any atom is -0.404 e. The molecule has 0 atom stereocenters. The van der Waals surface area contributed by atoms with Gasteiger partial charge in [0.1, 0.15) is 0 Å². The van der Waals surface area contributed by atoms with Gasteiger partial charge in [-0.1, -0.05) is 36.4 Å². The van der Waals surface area contributed by atoms with Gasteiger partial charge in [-0.2, -0.15) is 0 Å². The van der Waals surface area contributed by atoms with E-state index in [1.165, 1.54) is 23.2 Å². The highest BCUT2D eigenvalue weighted by molar-refractivity contribution is 6.08. The normalized spacial score (nSPS) is 11.3. The molecule has 24 heavy (non-hydrogen) atoms. The van der Waals surface area contributed by atoms with Gasteiger partial charge in [-0.15, -0.1) is 0 Å². The summed E-state index contributed by atoms with van der Waals surface area (Å²) in [5.41, 5.74) is 10.1. The first kappa shape index (κ1) is 15.6. The van der Waals surface area contributed by atoms with Gasteiger partial charge in [-0.05, 0) is 40.6 Å². The van der Waals surface area contributed by atoms with Crippen molar-refractivity contribution in [1.29, 1.82) is 5.41 Å². The smallest absolute Gasteiger partial charge is 0.0620 e. The number of rotatable bonds is 5. The molecule has 0 saturated heterocycles. The maximum absolute atomic E-state index is 7.43. The highest BCUT2D eigenvalue weighted by Gasteiger charge is 2.06. The van der Waals surface area contributed by atoms with Crippen molar-refractivity contribution in [2.75, 3.05) is 17.7 Å². The van der Waals surface area contributed by atoms with Gasteiger partial charge in [0.05, 0.1) is 11.4 Å². The third-order valence-corrected chi connectivity index (χ3v) is 3.99. The van der Waals surface area contributed by atoms with Crippen molar-refractivity contribution in [2.24, 2.45) is 5.73 Å². The Kier molecular flexibility index (Phi) is 4.47. The van der Waals surface area contributed by atoms with Crippen LogP contribution in [0.2, 0.25) is 0 Å². The minimum atomic E-state index is 0.684. The molecule has 0 aromatic heterocycles. The van der Waals surface area contributed by atoms with Crippen LogP contribution >= 0.6 is 0 Å². The van der Waals surface area contributed by atoms with Gasteiger partial charge in [0.25, 0.3) is 0 Å². The van der Waals surface area contributed by atoms with E-state index in [0.717, 1.165) is 22.6 Å². The first-order valence-electron chi connectivity index (χ1n) is 7.75. The van der Waals surface area contributed by atoms with Gasteiger partial charge in [-0.3, -0.25) is 0 Å². The Morgan fingerprint density at radius 2 is 1.75 bits per heavy atom. The molecule has 0 heterocycles. The molecule has 0 unspecified atom stereocenters. The SMILES string of the molecule is CNc1cc(/C(C=N)=C/N)ccc1Nc1ccc2ccccc2c1.